The first-order chi connectivity index (χ1) is 8.85. The van der Waals surface area contributed by atoms with Crippen molar-refractivity contribution in [1.82, 2.24) is 0 Å². The van der Waals surface area contributed by atoms with E-state index in [-0.39, 0.29) is 10.8 Å². The number of thioether (sulfide) groups is 1. The molecule has 106 valence electrons. The first kappa shape index (κ1) is 15.0. The van der Waals surface area contributed by atoms with E-state index in [0.29, 0.717) is 0 Å². The van der Waals surface area contributed by atoms with Gasteiger partial charge >= 0.3 is 0 Å². The third kappa shape index (κ3) is 4.30. The summed E-state index contributed by atoms with van der Waals surface area (Å²) in [5.74, 6) is 1.96. The highest BCUT2D eigenvalue weighted by Crippen LogP contribution is 2.34. The highest BCUT2D eigenvalue weighted by molar-refractivity contribution is 8.00. The lowest BCUT2D eigenvalue weighted by Crippen LogP contribution is -2.28. The maximum absolute atomic E-state index is 6.24. The average Bonchev–Trinajstić information content (AvgIpc) is 2.73. The van der Waals surface area contributed by atoms with Crippen LogP contribution < -0.4 is 10.5 Å². The zero-order chi connectivity index (χ0) is 14.0. The molecule has 1 heterocycles. The van der Waals surface area contributed by atoms with Crippen LogP contribution in [0.4, 0.5) is 0 Å². The van der Waals surface area contributed by atoms with Crippen LogP contribution in [0, 0.1) is 0 Å². The largest absolute Gasteiger partial charge is 0.493 e. The third-order valence-corrected chi connectivity index (χ3v) is 4.72. The van der Waals surface area contributed by atoms with Gasteiger partial charge < -0.3 is 10.5 Å². The number of halogens is 1. The van der Waals surface area contributed by atoms with Crippen LogP contribution in [0.25, 0.3) is 0 Å². The van der Waals surface area contributed by atoms with Crippen LogP contribution in [-0.2, 0) is 12.8 Å². The van der Waals surface area contributed by atoms with Gasteiger partial charge in [0.2, 0.25) is 0 Å². The predicted octanol–water partition coefficient (Wildman–Crippen LogP) is 3.68. The lowest BCUT2D eigenvalue weighted by molar-refractivity contribution is 0.353. The predicted molar refractivity (Wildman–Crippen MR) is 84.5 cm³/mol. The van der Waals surface area contributed by atoms with Gasteiger partial charge in [-0.15, -0.1) is 0 Å². The van der Waals surface area contributed by atoms with E-state index in [2.05, 4.69) is 20.8 Å². The second-order valence-electron chi connectivity index (χ2n) is 6.04. The summed E-state index contributed by atoms with van der Waals surface area (Å²) >= 11 is 8.06. The first-order valence-electron chi connectivity index (χ1n) is 6.69. The monoisotopic (exact) mass is 299 g/mol. The summed E-state index contributed by atoms with van der Waals surface area (Å²) in [7, 11) is 0. The highest BCUT2D eigenvalue weighted by atomic mass is 35.5. The molecule has 1 atom stereocenters. The molecule has 0 aliphatic carbocycles. The minimum Gasteiger partial charge on any atom is -0.493 e. The zero-order valence-electron chi connectivity index (χ0n) is 11.8. The summed E-state index contributed by atoms with van der Waals surface area (Å²) < 4.78 is 5.96. The number of nitrogens with two attached hydrogens (primary N) is 1. The molecule has 2 N–H and O–H groups in total. The number of hydrogen-bond donors (Lipinski definition) is 1. The molecule has 0 saturated heterocycles. The average molecular weight is 300 g/mol. The summed E-state index contributed by atoms with van der Waals surface area (Å²) in [6.45, 7) is 7.40. The fourth-order valence-corrected chi connectivity index (χ4v) is 3.29. The molecule has 2 nitrogen and oxygen atoms in total. The molecular weight excluding hydrogens is 278 g/mol. The van der Waals surface area contributed by atoms with Gasteiger partial charge in [-0.3, -0.25) is 0 Å². The number of rotatable bonds is 4. The fourth-order valence-electron chi connectivity index (χ4n) is 2.20. The zero-order valence-corrected chi connectivity index (χ0v) is 13.4. The van der Waals surface area contributed by atoms with Crippen LogP contribution in [0.3, 0.4) is 0 Å². The van der Waals surface area contributed by atoms with Gasteiger partial charge in [0.15, 0.2) is 0 Å². The first-order valence-corrected chi connectivity index (χ1v) is 8.05. The molecule has 1 aromatic carbocycles. The molecule has 0 aromatic heterocycles. The smallest absolute Gasteiger partial charge is 0.125 e. The molecule has 0 radical (unpaired) electrons. The van der Waals surface area contributed by atoms with Crippen molar-refractivity contribution < 1.29 is 4.74 Å². The van der Waals surface area contributed by atoms with E-state index in [0.717, 1.165) is 41.5 Å². The Bertz CT molecular complexity index is 456. The van der Waals surface area contributed by atoms with Crippen molar-refractivity contribution in [1.29, 1.82) is 0 Å². The summed E-state index contributed by atoms with van der Waals surface area (Å²) in [5, 5.41) is 0.787. The van der Waals surface area contributed by atoms with E-state index in [4.69, 9.17) is 22.1 Å². The summed E-state index contributed by atoms with van der Waals surface area (Å²) in [6.07, 6.45) is 1.78. The van der Waals surface area contributed by atoms with Crippen molar-refractivity contribution in [3.8, 4) is 5.75 Å². The molecule has 4 heteroatoms. The van der Waals surface area contributed by atoms with Crippen molar-refractivity contribution in [2.75, 3.05) is 12.4 Å². The van der Waals surface area contributed by atoms with Crippen LogP contribution in [0.5, 0.6) is 5.75 Å². The van der Waals surface area contributed by atoms with Crippen molar-refractivity contribution >= 4 is 23.4 Å². The van der Waals surface area contributed by atoms with Crippen molar-refractivity contribution in [2.24, 2.45) is 5.73 Å². The Kier molecular flexibility index (Phi) is 4.70. The van der Waals surface area contributed by atoms with Gasteiger partial charge in [-0.2, -0.15) is 11.8 Å². The molecule has 1 aromatic rings. The molecule has 19 heavy (non-hydrogen) atoms. The number of benzene rings is 1. The van der Waals surface area contributed by atoms with Crippen molar-refractivity contribution in [3.63, 3.8) is 0 Å². The number of fused-ring (bicyclic) bond motifs is 1. The van der Waals surface area contributed by atoms with Gasteiger partial charge in [-0.1, -0.05) is 32.4 Å². The normalized spacial score (nSPS) is 16.1. The number of hydrogen-bond acceptors (Lipinski definition) is 3. The van der Waals surface area contributed by atoms with E-state index in [1.165, 1.54) is 5.56 Å². The van der Waals surface area contributed by atoms with E-state index in [1.807, 2.05) is 23.9 Å². The molecule has 1 aliphatic heterocycles. The maximum Gasteiger partial charge on any atom is 0.125 e. The molecule has 0 bridgehead atoms. The Balaban J connectivity index is 2.03. The SMILES string of the molecule is CC(C)(C)SCC(N)Cc1cc(Cl)cc2c1OCC2. The van der Waals surface area contributed by atoms with Crippen molar-refractivity contribution in [2.45, 2.75) is 44.4 Å². The Morgan fingerprint density at radius 2 is 2.16 bits per heavy atom. The summed E-state index contributed by atoms with van der Waals surface area (Å²) in [4.78, 5) is 0. The summed E-state index contributed by atoms with van der Waals surface area (Å²) in [6, 6.07) is 4.13. The lowest BCUT2D eigenvalue weighted by Gasteiger charge is -2.21. The second-order valence-corrected chi connectivity index (χ2v) is 8.32. The van der Waals surface area contributed by atoms with E-state index in [9.17, 15) is 0 Å². The fraction of sp³-hybridized carbons (Fsp3) is 0.600. The quantitative estimate of drug-likeness (QED) is 0.921. The van der Waals surface area contributed by atoms with Crippen LogP contribution in [0.15, 0.2) is 12.1 Å². The van der Waals surface area contributed by atoms with Crippen LogP contribution >= 0.6 is 23.4 Å². The summed E-state index contributed by atoms with van der Waals surface area (Å²) in [5.41, 5.74) is 8.61. The van der Waals surface area contributed by atoms with E-state index < -0.39 is 0 Å². The van der Waals surface area contributed by atoms with Gasteiger partial charge in [0, 0.05) is 28.0 Å². The minimum atomic E-state index is 0.135. The Labute approximate surface area is 125 Å². The molecule has 0 saturated carbocycles. The molecule has 0 spiro atoms. The van der Waals surface area contributed by atoms with Gasteiger partial charge in [-0.05, 0) is 29.7 Å². The van der Waals surface area contributed by atoms with Crippen LogP contribution in [0.2, 0.25) is 5.02 Å². The Morgan fingerprint density at radius 1 is 1.42 bits per heavy atom. The van der Waals surface area contributed by atoms with Gasteiger partial charge in [-0.25, -0.2) is 0 Å². The molecular formula is C15H22ClNOS. The van der Waals surface area contributed by atoms with E-state index >= 15 is 0 Å². The van der Waals surface area contributed by atoms with Gasteiger partial charge in [0.1, 0.15) is 5.75 Å². The highest BCUT2D eigenvalue weighted by Gasteiger charge is 2.20. The minimum absolute atomic E-state index is 0.135. The van der Waals surface area contributed by atoms with Crippen molar-refractivity contribution in [3.05, 3.63) is 28.3 Å². The van der Waals surface area contributed by atoms with E-state index in [1.54, 1.807) is 0 Å². The molecule has 0 amide bonds. The molecule has 2 rings (SSSR count). The lowest BCUT2D eigenvalue weighted by atomic mass is 10.0. The van der Waals surface area contributed by atoms with Gasteiger partial charge in [0.25, 0.3) is 0 Å². The molecule has 1 unspecified atom stereocenters. The second kappa shape index (κ2) is 5.94. The maximum atomic E-state index is 6.24. The standard InChI is InChI=1S/C15H22ClNOS/c1-15(2,3)19-9-13(17)8-11-7-12(16)6-10-4-5-18-14(10)11/h6-7,13H,4-5,8-9,17H2,1-3H3. The van der Waals surface area contributed by atoms with Crippen LogP contribution in [-0.4, -0.2) is 23.1 Å². The molecule has 1 aliphatic rings. The Morgan fingerprint density at radius 3 is 2.84 bits per heavy atom. The topological polar surface area (TPSA) is 35.2 Å². The van der Waals surface area contributed by atoms with Crippen LogP contribution in [0.1, 0.15) is 31.9 Å². The van der Waals surface area contributed by atoms with Gasteiger partial charge in [0.05, 0.1) is 6.61 Å². The Hall–Kier alpha value is -0.380. The third-order valence-electron chi connectivity index (χ3n) is 3.04. The number of ether oxygens (including phenoxy) is 1. The molecule has 0 fully saturated rings.